The van der Waals surface area contributed by atoms with Crippen LogP contribution in [0.15, 0.2) is 42.6 Å². The van der Waals surface area contributed by atoms with Crippen molar-refractivity contribution in [2.75, 3.05) is 18.5 Å². The standard InChI is InChI=1S/C16H16N4O/c1-3-18-16(21)15-10-14(8-9-19-15)20(2)13-6-4-12(11-17)5-7-13/h4-10H,3H2,1-2H3,(H,18,21). The van der Waals surface area contributed by atoms with E-state index in [0.29, 0.717) is 17.8 Å². The van der Waals surface area contributed by atoms with E-state index in [1.165, 1.54) is 0 Å². The molecule has 0 bridgehead atoms. The van der Waals surface area contributed by atoms with Gasteiger partial charge in [-0.2, -0.15) is 5.26 Å². The first kappa shape index (κ1) is 14.5. The van der Waals surface area contributed by atoms with Crippen molar-refractivity contribution in [3.8, 4) is 6.07 Å². The van der Waals surface area contributed by atoms with E-state index in [2.05, 4.69) is 16.4 Å². The van der Waals surface area contributed by atoms with Gasteiger partial charge in [-0.3, -0.25) is 9.78 Å². The van der Waals surface area contributed by atoms with Crippen LogP contribution in [0.5, 0.6) is 0 Å². The summed E-state index contributed by atoms with van der Waals surface area (Å²) in [6.07, 6.45) is 1.61. The maximum absolute atomic E-state index is 11.8. The molecule has 106 valence electrons. The van der Waals surface area contributed by atoms with Crippen LogP contribution in [0.2, 0.25) is 0 Å². The molecule has 0 aliphatic heterocycles. The first-order chi connectivity index (χ1) is 10.2. The summed E-state index contributed by atoms with van der Waals surface area (Å²) in [5, 5.41) is 11.5. The highest BCUT2D eigenvalue weighted by molar-refractivity contribution is 5.93. The molecule has 0 aliphatic carbocycles. The SMILES string of the molecule is CCNC(=O)c1cc(N(C)c2ccc(C#N)cc2)ccn1. The van der Waals surface area contributed by atoms with Gasteiger partial charge in [-0.05, 0) is 43.3 Å². The van der Waals surface area contributed by atoms with E-state index in [-0.39, 0.29) is 5.91 Å². The fraction of sp³-hybridized carbons (Fsp3) is 0.188. The van der Waals surface area contributed by atoms with Crippen molar-refractivity contribution in [1.82, 2.24) is 10.3 Å². The highest BCUT2D eigenvalue weighted by Crippen LogP contribution is 2.23. The van der Waals surface area contributed by atoms with Crippen LogP contribution in [-0.4, -0.2) is 24.5 Å². The minimum atomic E-state index is -0.187. The van der Waals surface area contributed by atoms with Gasteiger partial charge in [0.25, 0.3) is 5.91 Å². The predicted molar refractivity (Wildman–Crippen MR) is 81.5 cm³/mol. The third-order valence-corrected chi connectivity index (χ3v) is 3.08. The van der Waals surface area contributed by atoms with Crippen LogP contribution in [-0.2, 0) is 0 Å². The average molecular weight is 280 g/mol. The van der Waals surface area contributed by atoms with Crippen molar-refractivity contribution in [3.05, 3.63) is 53.9 Å². The molecule has 1 amide bonds. The summed E-state index contributed by atoms with van der Waals surface area (Å²) in [6.45, 7) is 2.43. The van der Waals surface area contributed by atoms with Gasteiger partial charge in [0.1, 0.15) is 5.69 Å². The number of carbonyl (C=O) groups is 1. The fourth-order valence-electron chi connectivity index (χ4n) is 1.91. The Bertz CT molecular complexity index is 673. The molecule has 0 saturated heterocycles. The Morgan fingerprint density at radius 3 is 2.62 bits per heavy atom. The molecular weight excluding hydrogens is 264 g/mol. The minimum absolute atomic E-state index is 0.187. The van der Waals surface area contributed by atoms with Gasteiger partial charge in [0.05, 0.1) is 11.6 Å². The van der Waals surface area contributed by atoms with E-state index in [0.717, 1.165) is 11.4 Å². The lowest BCUT2D eigenvalue weighted by Crippen LogP contribution is -2.24. The number of aromatic nitrogens is 1. The predicted octanol–water partition coefficient (Wildman–Crippen LogP) is 2.47. The summed E-state index contributed by atoms with van der Waals surface area (Å²) >= 11 is 0. The zero-order valence-electron chi connectivity index (χ0n) is 12.0. The molecule has 21 heavy (non-hydrogen) atoms. The van der Waals surface area contributed by atoms with Crippen LogP contribution >= 0.6 is 0 Å². The zero-order chi connectivity index (χ0) is 15.2. The second kappa shape index (κ2) is 6.53. The van der Waals surface area contributed by atoms with Crippen molar-refractivity contribution in [1.29, 1.82) is 5.26 Å². The molecule has 0 unspecified atom stereocenters. The van der Waals surface area contributed by atoms with Gasteiger partial charge < -0.3 is 10.2 Å². The van der Waals surface area contributed by atoms with E-state index in [1.807, 2.05) is 37.1 Å². The summed E-state index contributed by atoms with van der Waals surface area (Å²) in [4.78, 5) is 17.8. The van der Waals surface area contributed by atoms with Gasteiger partial charge in [-0.25, -0.2) is 0 Å². The molecule has 1 aromatic heterocycles. The van der Waals surface area contributed by atoms with E-state index < -0.39 is 0 Å². The van der Waals surface area contributed by atoms with Crippen LogP contribution in [0.25, 0.3) is 0 Å². The van der Waals surface area contributed by atoms with Crippen LogP contribution < -0.4 is 10.2 Å². The number of pyridine rings is 1. The lowest BCUT2D eigenvalue weighted by molar-refractivity contribution is 0.0951. The number of amides is 1. The monoisotopic (exact) mass is 280 g/mol. The van der Waals surface area contributed by atoms with E-state index in [9.17, 15) is 4.79 Å². The molecule has 0 aliphatic rings. The molecule has 0 radical (unpaired) electrons. The Kier molecular flexibility index (Phi) is 4.52. The first-order valence-electron chi connectivity index (χ1n) is 6.64. The molecule has 0 saturated carbocycles. The van der Waals surface area contributed by atoms with Gasteiger partial charge in [0, 0.05) is 31.2 Å². The van der Waals surface area contributed by atoms with Crippen LogP contribution in [0.3, 0.4) is 0 Å². The van der Waals surface area contributed by atoms with Gasteiger partial charge >= 0.3 is 0 Å². The zero-order valence-corrected chi connectivity index (χ0v) is 12.0. The molecule has 0 atom stereocenters. The Balaban J connectivity index is 2.26. The Morgan fingerprint density at radius 2 is 2.00 bits per heavy atom. The molecule has 1 heterocycles. The van der Waals surface area contributed by atoms with Gasteiger partial charge in [-0.15, -0.1) is 0 Å². The molecule has 1 N–H and O–H groups in total. The summed E-state index contributed by atoms with van der Waals surface area (Å²) in [5.74, 6) is -0.187. The summed E-state index contributed by atoms with van der Waals surface area (Å²) in [5.41, 5.74) is 2.79. The van der Waals surface area contributed by atoms with Gasteiger partial charge in [0.15, 0.2) is 0 Å². The largest absolute Gasteiger partial charge is 0.351 e. The number of anilines is 2. The number of nitriles is 1. The normalized spacial score (nSPS) is 9.76. The van der Waals surface area contributed by atoms with Crippen molar-refractivity contribution in [2.45, 2.75) is 6.92 Å². The quantitative estimate of drug-likeness (QED) is 0.934. The molecule has 5 heteroatoms. The number of nitrogens with one attached hydrogen (secondary N) is 1. The summed E-state index contributed by atoms with van der Waals surface area (Å²) in [7, 11) is 1.90. The molecule has 2 rings (SSSR count). The Labute approximate surface area is 123 Å². The molecule has 2 aromatic rings. The highest BCUT2D eigenvalue weighted by Gasteiger charge is 2.10. The Hall–Kier alpha value is -2.87. The summed E-state index contributed by atoms with van der Waals surface area (Å²) in [6, 6.07) is 12.9. The lowest BCUT2D eigenvalue weighted by Gasteiger charge is -2.19. The number of nitrogens with zero attached hydrogens (tertiary/aromatic N) is 3. The van der Waals surface area contributed by atoms with Crippen molar-refractivity contribution in [2.24, 2.45) is 0 Å². The molecule has 5 nitrogen and oxygen atoms in total. The van der Waals surface area contributed by atoms with Crippen molar-refractivity contribution in [3.63, 3.8) is 0 Å². The van der Waals surface area contributed by atoms with Gasteiger partial charge in [-0.1, -0.05) is 0 Å². The third kappa shape index (κ3) is 3.37. The summed E-state index contributed by atoms with van der Waals surface area (Å²) < 4.78 is 0. The van der Waals surface area contributed by atoms with E-state index >= 15 is 0 Å². The number of carbonyl (C=O) groups excluding carboxylic acids is 1. The first-order valence-corrected chi connectivity index (χ1v) is 6.64. The minimum Gasteiger partial charge on any atom is -0.351 e. The number of hydrogen-bond donors (Lipinski definition) is 1. The topological polar surface area (TPSA) is 69.0 Å². The molecule has 1 aromatic carbocycles. The van der Waals surface area contributed by atoms with Crippen LogP contribution in [0.1, 0.15) is 23.0 Å². The van der Waals surface area contributed by atoms with Crippen molar-refractivity contribution >= 4 is 17.3 Å². The lowest BCUT2D eigenvalue weighted by atomic mass is 10.2. The molecule has 0 spiro atoms. The highest BCUT2D eigenvalue weighted by atomic mass is 16.1. The smallest absolute Gasteiger partial charge is 0.269 e. The molecule has 0 fully saturated rings. The Morgan fingerprint density at radius 1 is 1.29 bits per heavy atom. The third-order valence-electron chi connectivity index (χ3n) is 3.08. The fourth-order valence-corrected chi connectivity index (χ4v) is 1.91. The van der Waals surface area contributed by atoms with Crippen LogP contribution in [0, 0.1) is 11.3 Å². The average Bonchev–Trinajstić information content (AvgIpc) is 2.54. The van der Waals surface area contributed by atoms with Crippen molar-refractivity contribution < 1.29 is 4.79 Å². The second-order valence-corrected chi connectivity index (χ2v) is 4.48. The molecular formula is C16H16N4O. The van der Waals surface area contributed by atoms with Crippen LogP contribution in [0.4, 0.5) is 11.4 Å². The number of rotatable bonds is 4. The second-order valence-electron chi connectivity index (χ2n) is 4.48. The van der Waals surface area contributed by atoms with Gasteiger partial charge in [0.2, 0.25) is 0 Å². The maximum Gasteiger partial charge on any atom is 0.269 e. The number of hydrogen-bond acceptors (Lipinski definition) is 4. The van der Waals surface area contributed by atoms with E-state index in [1.54, 1.807) is 24.4 Å². The van der Waals surface area contributed by atoms with E-state index in [4.69, 9.17) is 5.26 Å². The maximum atomic E-state index is 11.8. The number of benzene rings is 1.